The summed E-state index contributed by atoms with van der Waals surface area (Å²) in [6.45, 7) is 0.144. The molecule has 5 heteroatoms. The fourth-order valence-electron chi connectivity index (χ4n) is 2.67. The lowest BCUT2D eigenvalue weighted by atomic mass is 9.95. The second-order valence-electron chi connectivity index (χ2n) is 5.25. The lowest BCUT2D eigenvalue weighted by Gasteiger charge is -2.23. The van der Waals surface area contributed by atoms with Crippen LogP contribution < -0.4 is 15.4 Å². The van der Waals surface area contributed by atoms with Crippen LogP contribution in [0, 0.1) is 11.3 Å². The van der Waals surface area contributed by atoms with Crippen LogP contribution in [-0.4, -0.2) is 25.6 Å². The molecule has 1 aromatic rings. The van der Waals surface area contributed by atoms with Crippen molar-refractivity contribution in [3.05, 3.63) is 23.8 Å². The molecule has 2 N–H and O–H groups in total. The van der Waals surface area contributed by atoms with E-state index >= 15 is 0 Å². The molecule has 0 heterocycles. The number of anilines is 1. The molecule has 1 fully saturated rings. The maximum atomic E-state index is 12.0. The highest BCUT2D eigenvalue weighted by atomic mass is 16.5. The van der Waals surface area contributed by atoms with Gasteiger partial charge in [-0.2, -0.15) is 5.26 Å². The molecule has 0 radical (unpaired) electrons. The molecule has 0 aromatic heterocycles. The van der Waals surface area contributed by atoms with Crippen LogP contribution in [0.2, 0.25) is 0 Å². The Hall–Kier alpha value is -2.22. The number of carbonyl (C=O) groups excluding carboxylic acids is 1. The molecular weight excluding hydrogens is 266 g/mol. The van der Waals surface area contributed by atoms with Crippen LogP contribution in [0.1, 0.15) is 37.7 Å². The molecule has 0 bridgehead atoms. The number of methoxy groups -OCH3 is 1. The zero-order valence-electron chi connectivity index (χ0n) is 12.3. The SMILES string of the molecule is COc1cccc(C#N)c1NCC(=O)NC1CCCCC1. The Labute approximate surface area is 125 Å². The van der Waals surface area contributed by atoms with Crippen molar-refractivity contribution in [3.63, 3.8) is 0 Å². The Morgan fingerprint density at radius 1 is 1.38 bits per heavy atom. The van der Waals surface area contributed by atoms with Crippen molar-refractivity contribution in [1.29, 1.82) is 5.26 Å². The van der Waals surface area contributed by atoms with E-state index in [0.29, 0.717) is 23.0 Å². The first-order valence-electron chi connectivity index (χ1n) is 7.35. The van der Waals surface area contributed by atoms with E-state index in [0.717, 1.165) is 12.8 Å². The summed E-state index contributed by atoms with van der Waals surface area (Å²) >= 11 is 0. The summed E-state index contributed by atoms with van der Waals surface area (Å²) in [7, 11) is 1.55. The summed E-state index contributed by atoms with van der Waals surface area (Å²) in [5.74, 6) is 0.524. The summed E-state index contributed by atoms with van der Waals surface area (Å²) < 4.78 is 5.22. The van der Waals surface area contributed by atoms with E-state index in [1.807, 2.05) is 0 Å². The van der Waals surface area contributed by atoms with Gasteiger partial charge < -0.3 is 15.4 Å². The Bertz CT molecular complexity index is 531. The molecule has 0 aliphatic heterocycles. The van der Waals surface area contributed by atoms with Crippen molar-refractivity contribution in [2.75, 3.05) is 19.0 Å². The standard InChI is InChI=1S/C16H21N3O2/c1-21-14-9-5-6-12(10-17)16(14)18-11-15(20)19-13-7-3-2-4-8-13/h5-6,9,13,18H,2-4,7-8,11H2,1H3,(H,19,20). The fraction of sp³-hybridized carbons (Fsp3) is 0.500. The van der Waals surface area contributed by atoms with Gasteiger partial charge >= 0.3 is 0 Å². The molecule has 112 valence electrons. The predicted octanol–water partition coefficient (Wildman–Crippen LogP) is 2.43. The highest BCUT2D eigenvalue weighted by Gasteiger charge is 2.16. The maximum absolute atomic E-state index is 12.0. The van der Waals surface area contributed by atoms with E-state index in [9.17, 15) is 4.79 Å². The number of nitriles is 1. The van der Waals surface area contributed by atoms with Crippen LogP contribution >= 0.6 is 0 Å². The van der Waals surface area contributed by atoms with E-state index in [4.69, 9.17) is 10.00 Å². The highest BCUT2D eigenvalue weighted by molar-refractivity contribution is 5.82. The Kier molecular flexibility index (Phi) is 5.44. The zero-order chi connectivity index (χ0) is 15.1. The fourth-order valence-corrected chi connectivity index (χ4v) is 2.67. The monoisotopic (exact) mass is 287 g/mol. The first-order valence-corrected chi connectivity index (χ1v) is 7.35. The van der Waals surface area contributed by atoms with Gasteiger partial charge in [0.15, 0.2) is 0 Å². The number of carbonyl (C=O) groups is 1. The Morgan fingerprint density at radius 2 is 2.14 bits per heavy atom. The highest BCUT2D eigenvalue weighted by Crippen LogP contribution is 2.27. The van der Waals surface area contributed by atoms with Gasteiger partial charge in [0.1, 0.15) is 11.8 Å². The molecule has 0 spiro atoms. The summed E-state index contributed by atoms with van der Waals surface area (Å²) in [6, 6.07) is 7.61. The summed E-state index contributed by atoms with van der Waals surface area (Å²) in [4.78, 5) is 12.0. The van der Waals surface area contributed by atoms with Gasteiger partial charge in [-0.15, -0.1) is 0 Å². The van der Waals surface area contributed by atoms with Crippen molar-refractivity contribution in [3.8, 4) is 11.8 Å². The van der Waals surface area contributed by atoms with Gasteiger partial charge in [-0.05, 0) is 25.0 Å². The van der Waals surface area contributed by atoms with Crippen molar-refractivity contribution < 1.29 is 9.53 Å². The minimum Gasteiger partial charge on any atom is -0.495 e. The minimum absolute atomic E-state index is 0.0447. The molecule has 0 unspecified atom stereocenters. The molecule has 0 atom stereocenters. The van der Waals surface area contributed by atoms with Crippen molar-refractivity contribution in [1.82, 2.24) is 5.32 Å². The molecular formula is C16H21N3O2. The van der Waals surface area contributed by atoms with Crippen LogP contribution in [0.15, 0.2) is 18.2 Å². The largest absolute Gasteiger partial charge is 0.495 e. The van der Waals surface area contributed by atoms with Crippen LogP contribution in [0.5, 0.6) is 5.75 Å². The molecule has 0 saturated heterocycles. The molecule has 1 aliphatic carbocycles. The zero-order valence-corrected chi connectivity index (χ0v) is 12.3. The summed E-state index contributed by atoms with van der Waals surface area (Å²) in [5, 5.41) is 15.2. The van der Waals surface area contributed by atoms with E-state index in [1.165, 1.54) is 19.3 Å². The number of amides is 1. The molecule has 1 saturated carbocycles. The van der Waals surface area contributed by atoms with Crippen LogP contribution in [0.4, 0.5) is 5.69 Å². The number of ether oxygens (including phenoxy) is 1. The van der Waals surface area contributed by atoms with E-state index in [2.05, 4.69) is 16.7 Å². The summed E-state index contributed by atoms with van der Waals surface area (Å²) in [6.07, 6.45) is 5.75. The predicted molar refractivity (Wildman–Crippen MR) is 81.2 cm³/mol. The Balaban J connectivity index is 1.93. The topological polar surface area (TPSA) is 74.1 Å². The summed E-state index contributed by atoms with van der Waals surface area (Å²) in [5.41, 5.74) is 1.04. The quantitative estimate of drug-likeness (QED) is 0.872. The molecule has 2 rings (SSSR count). The third-order valence-electron chi connectivity index (χ3n) is 3.76. The number of para-hydroxylation sites is 1. The number of hydrogen-bond acceptors (Lipinski definition) is 4. The number of nitrogens with one attached hydrogen (secondary N) is 2. The first kappa shape index (κ1) is 15.2. The molecule has 1 amide bonds. The van der Waals surface area contributed by atoms with E-state index in [1.54, 1.807) is 25.3 Å². The van der Waals surface area contributed by atoms with Gasteiger partial charge in [0.05, 0.1) is 24.9 Å². The second-order valence-corrected chi connectivity index (χ2v) is 5.25. The first-order chi connectivity index (χ1) is 10.2. The number of rotatable bonds is 5. The Morgan fingerprint density at radius 3 is 2.81 bits per heavy atom. The number of hydrogen-bond donors (Lipinski definition) is 2. The van der Waals surface area contributed by atoms with Gasteiger partial charge in [0.2, 0.25) is 5.91 Å². The van der Waals surface area contributed by atoms with Crippen molar-refractivity contribution in [2.45, 2.75) is 38.1 Å². The number of nitrogens with zero attached hydrogens (tertiary/aromatic N) is 1. The molecule has 1 aromatic carbocycles. The number of benzene rings is 1. The van der Waals surface area contributed by atoms with Crippen LogP contribution in [0.3, 0.4) is 0 Å². The lowest BCUT2D eigenvalue weighted by Crippen LogP contribution is -2.39. The van der Waals surface area contributed by atoms with Crippen LogP contribution in [0.25, 0.3) is 0 Å². The third-order valence-corrected chi connectivity index (χ3v) is 3.76. The normalized spacial score (nSPS) is 15.0. The smallest absolute Gasteiger partial charge is 0.239 e. The van der Waals surface area contributed by atoms with Gasteiger partial charge in [0, 0.05) is 6.04 Å². The molecule has 1 aliphatic rings. The maximum Gasteiger partial charge on any atom is 0.239 e. The average Bonchev–Trinajstić information content (AvgIpc) is 2.53. The van der Waals surface area contributed by atoms with Gasteiger partial charge in [-0.3, -0.25) is 4.79 Å². The lowest BCUT2D eigenvalue weighted by molar-refractivity contribution is -0.120. The van der Waals surface area contributed by atoms with E-state index < -0.39 is 0 Å². The van der Waals surface area contributed by atoms with Gasteiger partial charge in [-0.1, -0.05) is 25.3 Å². The minimum atomic E-state index is -0.0447. The van der Waals surface area contributed by atoms with Crippen LogP contribution in [-0.2, 0) is 4.79 Å². The third kappa shape index (κ3) is 4.12. The van der Waals surface area contributed by atoms with E-state index in [-0.39, 0.29) is 12.5 Å². The van der Waals surface area contributed by atoms with Gasteiger partial charge in [-0.25, -0.2) is 0 Å². The van der Waals surface area contributed by atoms with Gasteiger partial charge in [0.25, 0.3) is 0 Å². The molecule has 21 heavy (non-hydrogen) atoms. The second kappa shape index (κ2) is 7.53. The van der Waals surface area contributed by atoms with Crippen molar-refractivity contribution >= 4 is 11.6 Å². The molecule has 5 nitrogen and oxygen atoms in total. The average molecular weight is 287 g/mol. The van der Waals surface area contributed by atoms with Crippen molar-refractivity contribution in [2.24, 2.45) is 0 Å².